The van der Waals surface area contributed by atoms with Crippen LogP contribution >= 0.6 is 31.9 Å². The molecule has 0 fully saturated rings. The molecular weight excluding hydrogens is 260 g/mol. The van der Waals surface area contributed by atoms with Crippen molar-refractivity contribution in [2.24, 2.45) is 0 Å². The fourth-order valence-corrected chi connectivity index (χ4v) is 1.74. The molecule has 0 aromatic carbocycles. The lowest BCUT2D eigenvalue weighted by Crippen LogP contribution is -1.92. The van der Waals surface area contributed by atoms with Gasteiger partial charge in [0.2, 0.25) is 0 Å². The first-order valence-electron chi connectivity index (χ1n) is 2.91. The topological polar surface area (TPSA) is 25.8 Å². The van der Waals surface area contributed by atoms with E-state index in [4.69, 9.17) is 0 Å². The van der Waals surface area contributed by atoms with E-state index >= 15 is 0 Å². The minimum absolute atomic E-state index is 0.825. The molecular formula is C6H6Br2N2. The zero-order valence-corrected chi connectivity index (χ0v) is 8.61. The Hall–Kier alpha value is 0.0400. The van der Waals surface area contributed by atoms with E-state index in [2.05, 4.69) is 41.8 Å². The van der Waals surface area contributed by atoms with Gasteiger partial charge in [-0.25, -0.2) is 9.97 Å². The molecule has 54 valence electrons. The van der Waals surface area contributed by atoms with Gasteiger partial charge in [-0.2, -0.15) is 0 Å². The van der Waals surface area contributed by atoms with Crippen LogP contribution in [0.1, 0.15) is 12.7 Å². The molecule has 0 saturated heterocycles. The highest BCUT2D eigenvalue weighted by Crippen LogP contribution is 2.12. The van der Waals surface area contributed by atoms with E-state index in [1.807, 2.05) is 13.0 Å². The molecule has 0 bridgehead atoms. The highest BCUT2D eigenvalue weighted by Gasteiger charge is 1.96. The largest absolute Gasteiger partial charge is 0.226 e. The molecule has 0 aliphatic carbocycles. The first-order valence-corrected chi connectivity index (χ1v) is 4.50. The monoisotopic (exact) mass is 264 g/mol. The highest BCUT2D eigenvalue weighted by atomic mass is 79.9. The minimum Gasteiger partial charge on any atom is -0.226 e. The summed E-state index contributed by atoms with van der Waals surface area (Å²) in [5.41, 5.74) is 0. The van der Waals surface area contributed by atoms with Crippen molar-refractivity contribution in [2.75, 3.05) is 0 Å². The average molecular weight is 266 g/mol. The Morgan fingerprint density at radius 1 is 1.30 bits per heavy atom. The number of aryl methyl sites for hydroxylation is 1. The maximum absolute atomic E-state index is 4.13. The van der Waals surface area contributed by atoms with Crippen LogP contribution in [-0.4, -0.2) is 9.97 Å². The minimum atomic E-state index is 0.825. The van der Waals surface area contributed by atoms with Gasteiger partial charge < -0.3 is 0 Å². The van der Waals surface area contributed by atoms with Gasteiger partial charge >= 0.3 is 0 Å². The summed E-state index contributed by atoms with van der Waals surface area (Å²) in [5.74, 6) is 0.848. The highest BCUT2D eigenvalue weighted by molar-refractivity contribution is 9.11. The van der Waals surface area contributed by atoms with E-state index < -0.39 is 0 Å². The summed E-state index contributed by atoms with van der Waals surface area (Å²) in [5, 5.41) is 0. The van der Waals surface area contributed by atoms with Crippen LogP contribution in [0.4, 0.5) is 0 Å². The lowest BCUT2D eigenvalue weighted by Gasteiger charge is -1.95. The van der Waals surface area contributed by atoms with Crippen molar-refractivity contribution in [1.82, 2.24) is 9.97 Å². The zero-order chi connectivity index (χ0) is 7.56. The molecule has 0 aliphatic rings. The molecule has 0 atom stereocenters. The van der Waals surface area contributed by atoms with Gasteiger partial charge in [0.1, 0.15) is 15.0 Å². The SMILES string of the molecule is CCc1nc(Br)cc(Br)n1. The third kappa shape index (κ3) is 2.02. The van der Waals surface area contributed by atoms with Crippen molar-refractivity contribution < 1.29 is 0 Å². The number of rotatable bonds is 1. The van der Waals surface area contributed by atoms with Gasteiger partial charge in [0.25, 0.3) is 0 Å². The van der Waals surface area contributed by atoms with E-state index in [1.165, 1.54) is 0 Å². The van der Waals surface area contributed by atoms with Gasteiger partial charge in [0.15, 0.2) is 0 Å². The standard InChI is InChI=1S/C6H6Br2N2/c1-2-6-9-4(7)3-5(8)10-6/h3H,2H2,1H3. The van der Waals surface area contributed by atoms with E-state index in [0.29, 0.717) is 0 Å². The molecule has 0 aliphatic heterocycles. The first-order chi connectivity index (χ1) is 4.72. The molecule has 4 heteroatoms. The van der Waals surface area contributed by atoms with Crippen LogP contribution in [0, 0.1) is 0 Å². The van der Waals surface area contributed by atoms with E-state index in [1.54, 1.807) is 0 Å². The molecule has 0 N–H and O–H groups in total. The zero-order valence-electron chi connectivity index (χ0n) is 5.43. The second-order valence-electron chi connectivity index (χ2n) is 1.78. The molecule has 0 saturated carbocycles. The van der Waals surface area contributed by atoms with Crippen molar-refractivity contribution in [3.63, 3.8) is 0 Å². The van der Waals surface area contributed by atoms with Crippen molar-refractivity contribution >= 4 is 31.9 Å². The summed E-state index contributed by atoms with van der Waals surface area (Å²) in [4.78, 5) is 8.26. The van der Waals surface area contributed by atoms with Crippen LogP contribution < -0.4 is 0 Å². The number of aromatic nitrogens is 2. The summed E-state index contributed by atoms with van der Waals surface area (Å²) in [7, 11) is 0. The predicted molar refractivity (Wildman–Crippen MR) is 46.8 cm³/mol. The summed E-state index contributed by atoms with van der Waals surface area (Å²) >= 11 is 6.55. The average Bonchev–Trinajstić information content (AvgIpc) is 1.85. The molecule has 0 spiro atoms. The summed E-state index contributed by atoms with van der Waals surface area (Å²) in [6.45, 7) is 2.02. The number of hydrogen-bond donors (Lipinski definition) is 0. The number of hydrogen-bond acceptors (Lipinski definition) is 2. The Labute approximate surface area is 76.3 Å². The Balaban J connectivity index is 3.06. The maximum Gasteiger partial charge on any atom is 0.130 e. The van der Waals surface area contributed by atoms with Crippen molar-refractivity contribution in [3.05, 3.63) is 21.1 Å². The van der Waals surface area contributed by atoms with Crippen molar-refractivity contribution in [3.8, 4) is 0 Å². The van der Waals surface area contributed by atoms with Crippen LogP contribution in [0.15, 0.2) is 15.3 Å². The van der Waals surface area contributed by atoms with E-state index in [0.717, 1.165) is 21.5 Å². The smallest absolute Gasteiger partial charge is 0.130 e. The molecule has 2 nitrogen and oxygen atoms in total. The van der Waals surface area contributed by atoms with Crippen molar-refractivity contribution in [2.45, 2.75) is 13.3 Å². The van der Waals surface area contributed by atoms with Crippen LogP contribution in [0.2, 0.25) is 0 Å². The number of halogens is 2. The molecule has 0 radical (unpaired) electrons. The molecule has 1 rings (SSSR count). The predicted octanol–water partition coefficient (Wildman–Crippen LogP) is 2.56. The summed E-state index contributed by atoms with van der Waals surface area (Å²) in [6, 6.07) is 1.82. The summed E-state index contributed by atoms with van der Waals surface area (Å²) < 4.78 is 1.65. The first kappa shape index (κ1) is 8.14. The second-order valence-corrected chi connectivity index (χ2v) is 3.41. The fraction of sp³-hybridized carbons (Fsp3) is 0.333. The Morgan fingerprint density at radius 3 is 2.20 bits per heavy atom. The van der Waals surface area contributed by atoms with Crippen LogP contribution in [-0.2, 0) is 6.42 Å². The van der Waals surface area contributed by atoms with Gasteiger partial charge in [0, 0.05) is 12.5 Å². The van der Waals surface area contributed by atoms with Crippen LogP contribution in [0.25, 0.3) is 0 Å². The molecule has 0 amide bonds. The molecule has 1 aromatic rings. The Bertz CT molecular complexity index is 217. The molecule has 10 heavy (non-hydrogen) atoms. The summed E-state index contributed by atoms with van der Waals surface area (Å²) in [6.07, 6.45) is 0.859. The molecule has 0 unspecified atom stereocenters. The second kappa shape index (κ2) is 3.44. The fourth-order valence-electron chi connectivity index (χ4n) is 0.593. The normalized spacial score (nSPS) is 9.90. The quantitative estimate of drug-likeness (QED) is 0.730. The Morgan fingerprint density at radius 2 is 1.80 bits per heavy atom. The van der Waals surface area contributed by atoms with Gasteiger partial charge in [0.05, 0.1) is 0 Å². The van der Waals surface area contributed by atoms with Crippen LogP contribution in [0.3, 0.4) is 0 Å². The molecule has 1 heterocycles. The maximum atomic E-state index is 4.13. The van der Waals surface area contributed by atoms with E-state index in [9.17, 15) is 0 Å². The third-order valence-electron chi connectivity index (χ3n) is 1.03. The third-order valence-corrected chi connectivity index (χ3v) is 1.84. The molecule has 1 aromatic heterocycles. The van der Waals surface area contributed by atoms with Gasteiger partial charge in [-0.05, 0) is 31.9 Å². The lowest BCUT2D eigenvalue weighted by atomic mass is 10.4. The Kier molecular flexibility index (Phi) is 2.80. The van der Waals surface area contributed by atoms with E-state index in [-0.39, 0.29) is 0 Å². The van der Waals surface area contributed by atoms with Gasteiger partial charge in [-0.1, -0.05) is 6.92 Å². The lowest BCUT2D eigenvalue weighted by molar-refractivity contribution is 0.916. The van der Waals surface area contributed by atoms with Crippen molar-refractivity contribution in [1.29, 1.82) is 0 Å². The van der Waals surface area contributed by atoms with Crippen LogP contribution in [0.5, 0.6) is 0 Å². The van der Waals surface area contributed by atoms with Gasteiger partial charge in [-0.15, -0.1) is 0 Å². The van der Waals surface area contributed by atoms with Gasteiger partial charge in [-0.3, -0.25) is 0 Å². The number of nitrogens with zero attached hydrogens (tertiary/aromatic N) is 2.